The van der Waals surface area contributed by atoms with Crippen LogP contribution in [0.4, 0.5) is 0 Å². The van der Waals surface area contributed by atoms with E-state index in [-0.39, 0.29) is 0 Å². The van der Waals surface area contributed by atoms with Crippen molar-refractivity contribution in [2.24, 2.45) is 0 Å². The molecule has 23 heavy (non-hydrogen) atoms. The first kappa shape index (κ1) is 14.3. The van der Waals surface area contributed by atoms with Gasteiger partial charge in [0.2, 0.25) is 0 Å². The van der Waals surface area contributed by atoms with E-state index in [9.17, 15) is 0 Å². The van der Waals surface area contributed by atoms with Crippen LogP contribution in [-0.2, 0) is 6.42 Å². The molecular weight excluding hydrogens is 278 g/mol. The first-order valence-electron chi connectivity index (χ1n) is 8.64. The minimum atomic E-state index is 0.379. The lowest BCUT2D eigenvalue weighted by molar-refractivity contribution is 0.533. The molecule has 0 saturated carbocycles. The SMILES string of the molecule is C[C@@H](c1ccccc1)n1ccc2c1[C@@H](c1ccccc1)CCC2. The monoisotopic (exact) mass is 301 g/mol. The summed E-state index contributed by atoms with van der Waals surface area (Å²) in [5.74, 6) is 0.529. The van der Waals surface area contributed by atoms with E-state index in [0.717, 1.165) is 0 Å². The molecule has 0 saturated heterocycles. The summed E-state index contributed by atoms with van der Waals surface area (Å²) in [6.07, 6.45) is 6.05. The molecule has 0 fully saturated rings. The van der Waals surface area contributed by atoms with E-state index in [1.54, 1.807) is 0 Å². The van der Waals surface area contributed by atoms with Crippen molar-refractivity contribution in [3.8, 4) is 0 Å². The summed E-state index contributed by atoms with van der Waals surface area (Å²) in [5.41, 5.74) is 5.89. The van der Waals surface area contributed by atoms with Crippen molar-refractivity contribution < 1.29 is 0 Å². The Labute approximate surface area is 138 Å². The topological polar surface area (TPSA) is 4.93 Å². The van der Waals surface area contributed by atoms with Gasteiger partial charge in [0.1, 0.15) is 0 Å². The van der Waals surface area contributed by atoms with Crippen molar-refractivity contribution in [1.29, 1.82) is 0 Å². The molecule has 2 aromatic carbocycles. The molecule has 1 aliphatic carbocycles. The third kappa shape index (κ3) is 2.61. The highest BCUT2D eigenvalue weighted by Crippen LogP contribution is 2.39. The number of hydrogen-bond acceptors (Lipinski definition) is 0. The van der Waals surface area contributed by atoms with E-state index in [4.69, 9.17) is 0 Å². The first-order valence-corrected chi connectivity index (χ1v) is 8.64. The molecule has 0 amide bonds. The van der Waals surface area contributed by atoms with Gasteiger partial charge in [0, 0.05) is 17.8 Å². The molecular formula is C22H23N. The lowest BCUT2D eigenvalue weighted by Gasteiger charge is -2.28. The van der Waals surface area contributed by atoms with Crippen LogP contribution in [0.25, 0.3) is 0 Å². The maximum absolute atomic E-state index is 2.50. The van der Waals surface area contributed by atoms with Gasteiger partial charge in [-0.25, -0.2) is 0 Å². The highest BCUT2D eigenvalue weighted by Gasteiger charge is 2.26. The number of aromatic nitrogens is 1. The van der Waals surface area contributed by atoms with Crippen LogP contribution in [0.5, 0.6) is 0 Å². The number of aryl methyl sites for hydroxylation is 1. The average Bonchev–Trinajstić information content (AvgIpc) is 3.07. The predicted molar refractivity (Wildman–Crippen MR) is 95.9 cm³/mol. The molecule has 0 unspecified atom stereocenters. The summed E-state index contributed by atoms with van der Waals surface area (Å²) in [6.45, 7) is 2.31. The van der Waals surface area contributed by atoms with Gasteiger partial charge >= 0.3 is 0 Å². The molecule has 0 radical (unpaired) electrons. The zero-order chi connectivity index (χ0) is 15.6. The molecule has 0 aliphatic heterocycles. The van der Waals surface area contributed by atoms with Crippen LogP contribution in [0.15, 0.2) is 72.9 Å². The molecule has 116 valence electrons. The van der Waals surface area contributed by atoms with Crippen LogP contribution in [0, 0.1) is 0 Å². The molecule has 3 aromatic rings. The minimum Gasteiger partial charge on any atom is -0.343 e. The molecule has 1 nitrogen and oxygen atoms in total. The van der Waals surface area contributed by atoms with Gasteiger partial charge in [0.15, 0.2) is 0 Å². The van der Waals surface area contributed by atoms with Gasteiger partial charge < -0.3 is 4.57 Å². The second kappa shape index (κ2) is 6.08. The van der Waals surface area contributed by atoms with Crippen molar-refractivity contribution in [3.05, 3.63) is 95.3 Å². The number of benzene rings is 2. The second-order valence-electron chi connectivity index (χ2n) is 6.58. The van der Waals surface area contributed by atoms with E-state index in [1.165, 1.54) is 41.6 Å². The molecule has 0 bridgehead atoms. The maximum atomic E-state index is 2.50. The van der Waals surface area contributed by atoms with Crippen LogP contribution >= 0.6 is 0 Å². The number of rotatable bonds is 3. The molecule has 4 rings (SSSR count). The van der Waals surface area contributed by atoms with E-state index in [0.29, 0.717) is 12.0 Å². The van der Waals surface area contributed by atoms with Crippen LogP contribution < -0.4 is 0 Å². The van der Waals surface area contributed by atoms with Crippen molar-refractivity contribution in [2.75, 3.05) is 0 Å². The van der Waals surface area contributed by atoms with Gasteiger partial charge in [-0.3, -0.25) is 0 Å². The molecule has 1 aromatic heterocycles. The second-order valence-corrected chi connectivity index (χ2v) is 6.58. The third-order valence-corrected chi connectivity index (χ3v) is 5.21. The van der Waals surface area contributed by atoms with Gasteiger partial charge in [-0.05, 0) is 48.9 Å². The quantitative estimate of drug-likeness (QED) is 0.596. The lowest BCUT2D eigenvalue weighted by atomic mass is 9.83. The van der Waals surface area contributed by atoms with Gasteiger partial charge in [0.25, 0.3) is 0 Å². The average molecular weight is 301 g/mol. The normalized spacial score (nSPS) is 18.4. The van der Waals surface area contributed by atoms with Crippen LogP contribution in [0.1, 0.15) is 54.1 Å². The Bertz CT molecular complexity index is 770. The fourth-order valence-electron chi connectivity index (χ4n) is 3.99. The summed E-state index contributed by atoms with van der Waals surface area (Å²) in [4.78, 5) is 0. The standard InChI is InChI=1S/C22H23N/c1-17(18-9-4-2-5-10-18)23-16-15-20-13-8-14-21(22(20)23)19-11-6-3-7-12-19/h2-7,9-12,15-17,21H,8,13-14H2,1H3/t17-,21+/m0/s1. The first-order chi connectivity index (χ1) is 11.3. The Balaban J connectivity index is 1.78. The zero-order valence-corrected chi connectivity index (χ0v) is 13.7. The maximum Gasteiger partial charge on any atom is 0.0554 e. The molecule has 1 heterocycles. The largest absolute Gasteiger partial charge is 0.343 e. The van der Waals surface area contributed by atoms with E-state index < -0.39 is 0 Å². The van der Waals surface area contributed by atoms with Gasteiger partial charge in [-0.1, -0.05) is 60.7 Å². The minimum absolute atomic E-state index is 0.379. The Morgan fingerprint density at radius 2 is 1.61 bits per heavy atom. The number of fused-ring (bicyclic) bond motifs is 1. The van der Waals surface area contributed by atoms with Crippen molar-refractivity contribution in [1.82, 2.24) is 4.57 Å². The van der Waals surface area contributed by atoms with Gasteiger partial charge in [-0.15, -0.1) is 0 Å². The highest BCUT2D eigenvalue weighted by molar-refractivity contribution is 5.38. The molecule has 0 N–H and O–H groups in total. The fourth-order valence-corrected chi connectivity index (χ4v) is 3.99. The predicted octanol–water partition coefficient (Wildman–Crippen LogP) is 5.57. The van der Waals surface area contributed by atoms with E-state index >= 15 is 0 Å². The Kier molecular flexibility index (Phi) is 3.78. The summed E-state index contributed by atoms with van der Waals surface area (Å²) in [5, 5.41) is 0. The van der Waals surface area contributed by atoms with Crippen LogP contribution in [-0.4, -0.2) is 4.57 Å². The van der Waals surface area contributed by atoms with Crippen molar-refractivity contribution >= 4 is 0 Å². The van der Waals surface area contributed by atoms with Gasteiger partial charge in [-0.2, -0.15) is 0 Å². The zero-order valence-electron chi connectivity index (χ0n) is 13.7. The fraction of sp³-hybridized carbons (Fsp3) is 0.273. The molecule has 1 heteroatoms. The highest BCUT2D eigenvalue weighted by atomic mass is 15.0. The molecule has 1 aliphatic rings. The lowest BCUT2D eigenvalue weighted by Crippen LogP contribution is -2.17. The molecule has 2 atom stereocenters. The van der Waals surface area contributed by atoms with Crippen LogP contribution in [0.2, 0.25) is 0 Å². The summed E-state index contributed by atoms with van der Waals surface area (Å²) < 4.78 is 2.50. The van der Waals surface area contributed by atoms with E-state index in [2.05, 4.69) is 84.4 Å². The van der Waals surface area contributed by atoms with E-state index in [1.807, 2.05) is 0 Å². The number of hydrogen-bond donors (Lipinski definition) is 0. The van der Waals surface area contributed by atoms with Gasteiger partial charge in [0.05, 0.1) is 6.04 Å². The Morgan fingerprint density at radius 1 is 0.913 bits per heavy atom. The van der Waals surface area contributed by atoms with Crippen molar-refractivity contribution in [2.45, 2.75) is 38.1 Å². The summed E-state index contributed by atoms with van der Waals surface area (Å²) >= 11 is 0. The Hall–Kier alpha value is -2.28. The van der Waals surface area contributed by atoms with Crippen LogP contribution in [0.3, 0.4) is 0 Å². The summed E-state index contributed by atoms with van der Waals surface area (Å²) in [6, 6.07) is 24.5. The smallest absolute Gasteiger partial charge is 0.0554 e. The molecule has 0 spiro atoms. The number of nitrogens with zero attached hydrogens (tertiary/aromatic N) is 1. The third-order valence-electron chi connectivity index (χ3n) is 5.21. The van der Waals surface area contributed by atoms with Crippen molar-refractivity contribution in [3.63, 3.8) is 0 Å². The summed E-state index contributed by atoms with van der Waals surface area (Å²) in [7, 11) is 0. The Morgan fingerprint density at radius 3 is 2.35 bits per heavy atom.